The molecule has 0 spiro atoms. The Hall–Kier alpha value is -6.27. The van der Waals surface area contributed by atoms with Gasteiger partial charge in [0.2, 0.25) is 23.6 Å². The quantitative estimate of drug-likeness (QED) is 0.0244. The topological polar surface area (TPSA) is 220 Å². The van der Waals surface area contributed by atoms with Gasteiger partial charge in [-0.15, -0.1) is 0 Å². The van der Waals surface area contributed by atoms with Crippen LogP contribution in [0.1, 0.15) is 159 Å². The molecule has 610 valence electrons. The zero-order valence-electron chi connectivity index (χ0n) is 64.0. The van der Waals surface area contributed by atoms with E-state index in [-0.39, 0.29) is 65.7 Å². The molecule has 6 aliphatic rings. The molecule has 3 heterocycles. The van der Waals surface area contributed by atoms with E-state index in [0.717, 1.165) is 78.0 Å². The Balaban J connectivity index is 0.000000169. The molecule has 6 atom stereocenters. The lowest BCUT2D eigenvalue weighted by Crippen LogP contribution is -2.54. The van der Waals surface area contributed by atoms with E-state index in [4.69, 9.17) is 104 Å². The second-order valence-electron chi connectivity index (χ2n) is 30.7. The second kappa shape index (κ2) is 45.1. The Bertz CT molecular complexity index is 4350. The zero-order valence-corrected chi connectivity index (χ0v) is 70.8. The zero-order chi connectivity index (χ0) is 80.5. The molecule has 6 fully saturated rings. The first kappa shape index (κ1) is 88.5. The molecule has 0 aromatic heterocycles. The Morgan fingerprint density at radius 3 is 1.11 bits per heavy atom. The molecular formula is C87H103Cl9N12O6. The normalized spacial score (nSPS) is 20.9. The van der Waals surface area contributed by atoms with Crippen LogP contribution in [0, 0.1) is 0 Å². The Kier molecular flexibility index (Phi) is 35.0. The van der Waals surface area contributed by atoms with E-state index in [1.165, 1.54) is 63.9 Å². The molecule has 18 nitrogen and oxygen atoms in total. The minimum absolute atomic E-state index is 0.0257. The maximum atomic E-state index is 13.7. The molecule has 3 aliphatic heterocycles. The SMILES string of the molecule is O=C(/C=C/c1ccc(Cl)cc1)NC[C@@H]1CCN(Cc2cc(Cl)cc(Cl)c2)C(=O)[C@H](CNC2CCCCC2)N1.O=C(NC[C@@H]1CCN(Cc2cc(Cl)cc(Cl)c2)C(=O)[C@H](CNC2CCCCC2)N1)c1ccc(Cl)c(Cl)c1.O=C(NC[C@@H]1CCN(Cc2cc(Cl)cc(Cl)c2)C(=O)[C@H](CNC2CCCCC2)N1)c1ccc2ccccc2c1. The summed E-state index contributed by atoms with van der Waals surface area (Å²) < 4.78 is 0. The first-order valence-electron chi connectivity index (χ1n) is 40.0. The number of carbonyl (C=O) groups is 6. The van der Waals surface area contributed by atoms with Crippen LogP contribution in [-0.2, 0) is 38.8 Å². The summed E-state index contributed by atoms with van der Waals surface area (Å²) in [5, 5.41) is 37.3. The Morgan fingerprint density at radius 1 is 0.360 bits per heavy atom. The van der Waals surface area contributed by atoms with E-state index >= 15 is 0 Å². The Labute approximate surface area is 715 Å². The number of amides is 6. The van der Waals surface area contributed by atoms with Crippen molar-refractivity contribution < 1.29 is 28.8 Å². The molecule has 0 unspecified atom stereocenters. The Morgan fingerprint density at radius 2 is 0.719 bits per heavy atom. The third kappa shape index (κ3) is 28.2. The number of nitrogens with one attached hydrogen (secondary N) is 9. The number of rotatable bonds is 25. The van der Waals surface area contributed by atoms with Crippen LogP contribution in [0.4, 0.5) is 0 Å². The highest BCUT2D eigenvalue weighted by molar-refractivity contribution is 6.42. The second-order valence-corrected chi connectivity index (χ2v) is 34.6. The number of hydrogen-bond acceptors (Lipinski definition) is 12. The van der Waals surface area contributed by atoms with Gasteiger partial charge >= 0.3 is 0 Å². The minimum Gasteiger partial charge on any atom is -0.351 e. The smallest absolute Gasteiger partial charge is 0.251 e. The predicted molar refractivity (Wildman–Crippen MR) is 465 cm³/mol. The molecule has 7 aromatic carbocycles. The monoisotopic (exact) mass is 1730 g/mol. The molecule has 3 saturated carbocycles. The van der Waals surface area contributed by atoms with E-state index in [0.29, 0.717) is 166 Å². The van der Waals surface area contributed by atoms with Gasteiger partial charge in [-0.05, 0) is 194 Å². The summed E-state index contributed by atoms with van der Waals surface area (Å²) in [7, 11) is 0. The van der Waals surface area contributed by atoms with E-state index in [9.17, 15) is 28.8 Å². The van der Waals surface area contributed by atoms with Gasteiger partial charge in [-0.25, -0.2) is 0 Å². The predicted octanol–water partition coefficient (Wildman–Crippen LogP) is 16.7. The van der Waals surface area contributed by atoms with Gasteiger partial charge in [-0.3, -0.25) is 28.8 Å². The van der Waals surface area contributed by atoms with Gasteiger partial charge in [-0.2, -0.15) is 0 Å². The maximum Gasteiger partial charge on any atom is 0.251 e. The summed E-state index contributed by atoms with van der Waals surface area (Å²) in [6, 6.07) is 42.0. The number of hydrogen-bond donors (Lipinski definition) is 9. The van der Waals surface area contributed by atoms with E-state index in [2.05, 4.69) is 47.9 Å². The summed E-state index contributed by atoms with van der Waals surface area (Å²) in [4.78, 5) is 84.7. The molecule has 7 aromatic rings. The summed E-state index contributed by atoms with van der Waals surface area (Å²) in [5.41, 5.74) is 4.66. The standard InChI is InChI=1S/C31H36Cl2N4O2.C29H35Cl3N4O2.C27H32Cl4N4O2/c32-25-14-21(15-26(33)17-25)20-37-13-12-28(36-29(31(37)39)19-34-27-8-2-1-3-9-27)18-35-30(38)24-11-10-22-6-4-5-7-23(22)16-24;30-22-9-6-20(7-10-22)8-11-28(37)34-17-26-12-13-36(19-21-14-23(31)16-24(32)15-21)29(38)27(35-26)18-33-25-4-2-1-3-5-25;28-19-10-17(11-20(29)13-19)16-35-9-8-22(14-33-26(36)18-6-7-23(30)24(31)12-18)34-25(27(35)37)15-32-21-4-2-1-3-5-21/h4-7,10-11,14-17,27-29,34,36H,1-3,8-9,12-13,18-20H2,(H,35,38);6-11,14-16,25-27,33,35H,1-5,12-13,17-19H2,(H,34,37);6-7,10-13,21-22,25,32,34H,1-5,8-9,14-16H2,(H,33,36)/b;11-8+;/t28-,29-;26-,27-;22-,25-/m000/s1. The van der Waals surface area contributed by atoms with Crippen molar-refractivity contribution in [2.45, 2.75) is 190 Å². The van der Waals surface area contributed by atoms with Gasteiger partial charge in [-0.1, -0.05) is 205 Å². The van der Waals surface area contributed by atoms with Crippen LogP contribution < -0.4 is 47.9 Å². The van der Waals surface area contributed by atoms with Gasteiger partial charge in [0.05, 0.1) is 28.2 Å². The third-order valence-electron chi connectivity index (χ3n) is 21.9. The summed E-state index contributed by atoms with van der Waals surface area (Å²) >= 11 is 55.2. The molecule has 0 radical (unpaired) electrons. The van der Waals surface area contributed by atoms with Gasteiger partial charge in [0, 0.05) is 167 Å². The average molecular weight is 1730 g/mol. The third-order valence-corrected chi connectivity index (χ3v) is 24.2. The number of carbonyl (C=O) groups excluding carboxylic acids is 6. The molecule has 3 saturated heterocycles. The fourth-order valence-corrected chi connectivity index (χ4v) is 17.9. The minimum atomic E-state index is -0.411. The summed E-state index contributed by atoms with van der Waals surface area (Å²) in [5.74, 6) is -0.408. The van der Waals surface area contributed by atoms with Gasteiger partial charge in [0.15, 0.2) is 0 Å². The molecule has 0 bridgehead atoms. The molecule has 27 heteroatoms. The van der Waals surface area contributed by atoms with Gasteiger partial charge in [0.1, 0.15) is 0 Å². The van der Waals surface area contributed by atoms with Crippen molar-refractivity contribution in [2.75, 3.05) is 58.9 Å². The van der Waals surface area contributed by atoms with Crippen molar-refractivity contribution in [2.24, 2.45) is 0 Å². The van der Waals surface area contributed by atoms with Crippen molar-refractivity contribution >= 4 is 157 Å². The van der Waals surface area contributed by atoms with Crippen LogP contribution in [0.15, 0.2) is 146 Å². The first-order chi connectivity index (χ1) is 55.1. The first-order valence-corrected chi connectivity index (χ1v) is 43.4. The number of nitrogens with zero attached hydrogens (tertiary/aromatic N) is 3. The summed E-state index contributed by atoms with van der Waals surface area (Å²) in [6.45, 7) is 5.87. The molecular weight excluding hydrogens is 1630 g/mol. The van der Waals surface area contributed by atoms with Crippen molar-refractivity contribution in [3.8, 4) is 0 Å². The van der Waals surface area contributed by atoms with Crippen molar-refractivity contribution in [3.63, 3.8) is 0 Å². The van der Waals surface area contributed by atoms with Crippen molar-refractivity contribution in [1.29, 1.82) is 0 Å². The lowest BCUT2D eigenvalue weighted by Gasteiger charge is -2.28. The molecule has 13 rings (SSSR count). The van der Waals surface area contributed by atoms with Crippen LogP contribution in [0.5, 0.6) is 0 Å². The fourth-order valence-electron chi connectivity index (χ4n) is 15.8. The van der Waals surface area contributed by atoms with Crippen molar-refractivity contribution in [1.82, 2.24) is 62.6 Å². The molecule has 9 N–H and O–H groups in total. The highest BCUT2D eigenvalue weighted by Crippen LogP contribution is 2.29. The van der Waals surface area contributed by atoms with E-state index in [1.54, 1.807) is 54.6 Å². The van der Waals surface area contributed by atoms with E-state index in [1.807, 2.05) is 106 Å². The lowest BCUT2D eigenvalue weighted by atomic mass is 9.95. The number of fused-ring (bicyclic) bond motifs is 1. The maximum absolute atomic E-state index is 13.7. The van der Waals surface area contributed by atoms with Gasteiger partial charge < -0.3 is 62.6 Å². The van der Waals surface area contributed by atoms with Crippen LogP contribution in [0.3, 0.4) is 0 Å². The molecule has 3 aliphatic carbocycles. The molecule has 114 heavy (non-hydrogen) atoms. The van der Waals surface area contributed by atoms with Gasteiger partial charge in [0.25, 0.3) is 11.8 Å². The van der Waals surface area contributed by atoms with Crippen LogP contribution >= 0.6 is 104 Å². The van der Waals surface area contributed by atoms with Crippen molar-refractivity contribution in [3.05, 3.63) is 224 Å². The number of benzene rings is 7. The summed E-state index contributed by atoms with van der Waals surface area (Å²) in [6.07, 6.45) is 23.4. The van der Waals surface area contributed by atoms with E-state index < -0.39 is 6.04 Å². The van der Waals surface area contributed by atoms with Crippen LogP contribution in [-0.4, -0.2) is 163 Å². The lowest BCUT2D eigenvalue weighted by molar-refractivity contribution is -0.134. The fraction of sp³-hybridized carbons (Fsp3) is 0.448. The largest absolute Gasteiger partial charge is 0.351 e. The molecule has 6 amide bonds. The number of halogens is 9. The highest BCUT2D eigenvalue weighted by Gasteiger charge is 2.36. The average Bonchev–Trinajstić information content (AvgIpc) is 1.38. The van der Waals surface area contributed by atoms with Crippen LogP contribution in [0.2, 0.25) is 45.2 Å². The highest BCUT2D eigenvalue weighted by atomic mass is 35.5. The van der Waals surface area contributed by atoms with Crippen LogP contribution in [0.25, 0.3) is 16.8 Å².